The third-order valence-electron chi connectivity index (χ3n) is 1.98. The van der Waals surface area contributed by atoms with Gasteiger partial charge in [-0.3, -0.25) is 4.79 Å². The van der Waals surface area contributed by atoms with Gasteiger partial charge in [0.2, 0.25) is 0 Å². The van der Waals surface area contributed by atoms with Crippen molar-refractivity contribution in [1.29, 1.82) is 0 Å². The zero-order valence-electron chi connectivity index (χ0n) is 10.7. The second-order valence-electron chi connectivity index (χ2n) is 3.60. The van der Waals surface area contributed by atoms with E-state index in [1.165, 1.54) is 31.7 Å². The van der Waals surface area contributed by atoms with Gasteiger partial charge in [-0.25, -0.2) is 4.57 Å². The van der Waals surface area contributed by atoms with Crippen LogP contribution in [0.25, 0.3) is 0 Å². The first kappa shape index (κ1) is 19.6. The number of halogens is 1. The van der Waals surface area contributed by atoms with Crippen molar-refractivity contribution in [3.63, 3.8) is 0 Å². The van der Waals surface area contributed by atoms with Gasteiger partial charge in [-0.15, -0.1) is 12.4 Å². The number of hydrogen-bond donors (Lipinski definition) is 3. The summed E-state index contributed by atoms with van der Waals surface area (Å²) >= 11 is 0. The molecule has 0 spiro atoms. The van der Waals surface area contributed by atoms with Crippen molar-refractivity contribution < 1.29 is 19.9 Å². The van der Waals surface area contributed by atoms with Crippen molar-refractivity contribution in [1.82, 2.24) is 9.55 Å². The highest BCUT2D eigenvalue weighted by Crippen LogP contribution is 2.16. The molecular weight excluding hydrogens is 280 g/mol. The molecule has 0 aliphatic heterocycles. The van der Waals surface area contributed by atoms with E-state index >= 15 is 0 Å². The molecule has 0 amide bonds. The summed E-state index contributed by atoms with van der Waals surface area (Å²) in [6, 6.07) is -0.731. The Morgan fingerprint density at radius 2 is 2.00 bits per heavy atom. The van der Waals surface area contributed by atoms with E-state index in [1.54, 1.807) is 0 Å². The third kappa shape index (κ3) is 6.13. The molecule has 0 saturated carbocycles. The zero-order chi connectivity index (χ0) is 14.5. The van der Waals surface area contributed by atoms with E-state index in [2.05, 4.69) is 4.98 Å². The normalized spacial score (nSPS) is 12.5. The Hall–Kier alpha value is -1.71. The van der Waals surface area contributed by atoms with E-state index < -0.39 is 23.0 Å². The first-order valence-electron chi connectivity index (χ1n) is 5.00. The summed E-state index contributed by atoms with van der Waals surface area (Å²) in [7, 11) is 1.49. The fourth-order valence-corrected chi connectivity index (χ4v) is 0.970. The molecule has 10 heteroatoms. The summed E-state index contributed by atoms with van der Waals surface area (Å²) in [6.45, 7) is 2.95. The zero-order valence-corrected chi connectivity index (χ0v) is 11.5. The molecule has 1 rings (SSSR count). The molecule has 0 saturated heterocycles. The van der Waals surface area contributed by atoms with Gasteiger partial charge >= 0.3 is 11.9 Å². The maximum atomic E-state index is 10.3. The molecule has 0 fully saturated rings. The van der Waals surface area contributed by atoms with Crippen LogP contribution in [0.1, 0.15) is 25.6 Å². The molecule has 1 heterocycles. The van der Waals surface area contributed by atoms with Crippen molar-refractivity contribution in [3.8, 4) is 0 Å². The van der Waals surface area contributed by atoms with Crippen LogP contribution in [0, 0.1) is 10.1 Å². The summed E-state index contributed by atoms with van der Waals surface area (Å²) in [5, 5.41) is 27.3. The quantitative estimate of drug-likeness (QED) is 0.534. The van der Waals surface area contributed by atoms with Crippen molar-refractivity contribution in [3.05, 3.63) is 22.0 Å². The maximum absolute atomic E-state index is 10.3. The molecule has 110 valence electrons. The number of nitro groups is 1. The van der Waals surface area contributed by atoms with Crippen LogP contribution >= 0.6 is 12.4 Å². The minimum Gasteiger partial charge on any atom is -0.480 e. The first-order valence-corrected chi connectivity index (χ1v) is 5.00. The summed E-state index contributed by atoms with van der Waals surface area (Å²) in [6.07, 6.45) is 0.555. The molecule has 0 aliphatic carbocycles. The van der Waals surface area contributed by atoms with Gasteiger partial charge in [-0.1, -0.05) is 4.98 Å². The van der Waals surface area contributed by atoms with Crippen LogP contribution in [0.15, 0.2) is 6.20 Å². The SMILES string of the molecule is CC(N)C(=O)O.CC(O)c1cnc([N+](=O)[O-])n1C.Cl. The lowest BCUT2D eigenvalue weighted by Crippen LogP contribution is -2.25. The molecule has 2 unspecified atom stereocenters. The van der Waals surface area contributed by atoms with Crippen LogP contribution in [-0.4, -0.2) is 36.7 Å². The number of rotatable bonds is 3. The number of aliphatic hydroxyl groups is 1. The minimum absolute atomic E-state index is 0. The smallest absolute Gasteiger partial charge is 0.434 e. The Bertz CT molecular complexity index is 432. The summed E-state index contributed by atoms with van der Waals surface area (Å²) in [5.74, 6) is -1.22. The van der Waals surface area contributed by atoms with E-state index in [9.17, 15) is 14.9 Å². The van der Waals surface area contributed by atoms with Crippen LogP contribution < -0.4 is 5.73 Å². The largest absolute Gasteiger partial charge is 0.480 e. The van der Waals surface area contributed by atoms with Gasteiger partial charge in [-0.05, 0) is 18.8 Å². The minimum atomic E-state index is -0.963. The van der Waals surface area contributed by atoms with Gasteiger partial charge in [0.25, 0.3) is 0 Å². The lowest BCUT2D eigenvalue weighted by molar-refractivity contribution is -0.396. The van der Waals surface area contributed by atoms with Crippen LogP contribution in [0.5, 0.6) is 0 Å². The van der Waals surface area contributed by atoms with Crippen molar-refractivity contribution in [2.75, 3.05) is 0 Å². The number of aliphatic hydroxyl groups excluding tert-OH is 1. The maximum Gasteiger partial charge on any atom is 0.434 e. The highest BCUT2D eigenvalue weighted by molar-refractivity contribution is 5.85. The van der Waals surface area contributed by atoms with Crippen LogP contribution in [0.3, 0.4) is 0 Å². The number of hydrogen-bond acceptors (Lipinski definition) is 6. The number of imidazole rings is 1. The van der Waals surface area contributed by atoms with E-state index in [4.69, 9.17) is 15.9 Å². The van der Waals surface area contributed by atoms with Gasteiger partial charge in [0.15, 0.2) is 0 Å². The Balaban J connectivity index is 0. The fourth-order valence-electron chi connectivity index (χ4n) is 0.970. The third-order valence-corrected chi connectivity index (χ3v) is 1.98. The highest BCUT2D eigenvalue weighted by atomic mass is 35.5. The second-order valence-corrected chi connectivity index (χ2v) is 3.60. The molecule has 4 N–H and O–H groups in total. The lowest BCUT2D eigenvalue weighted by atomic mass is 10.3. The molecule has 1 aromatic rings. The number of carboxylic acid groups (broad SMARTS) is 1. The molecule has 0 aromatic carbocycles. The monoisotopic (exact) mass is 296 g/mol. The second kappa shape index (κ2) is 8.40. The van der Waals surface area contributed by atoms with Crippen molar-refractivity contribution >= 4 is 24.3 Å². The van der Waals surface area contributed by atoms with E-state index in [-0.39, 0.29) is 18.4 Å². The summed E-state index contributed by atoms with van der Waals surface area (Å²) in [5.41, 5.74) is 5.27. The van der Waals surface area contributed by atoms with E-state index in [0.717, 1.165) is 0 Å². The van der Waals surface area contributed by atoms with Gasteiger partial charge < -0.3 is 26.1 Å². The van der Waals surface area contributed by atoms with Crippen molar-refractivity contribution in [2.45, 2.75) is 26.0 Å². The summed E-state index contributed by atoms with van der Waals surface area (Å²) in [4.78, 5) is 22.8. The Labute approximate surface area is 115 Å². The number of aliphatic carboxylic acids is 1. The van der Waals surface area contributed by atoms with Gasteiger partial charge in [0.1, 0.15) is 24.0 Å². The fraction of sp³-hybridized carbons (Fsp3) is 0.556. The van der Waals surface area contributed by atoms with Crippen LogP contribution in [0.4, 0.5) is 5.95 Å². The average Bonchev–Trinajstić information content (AvgIpc) is 2.60. The first-order chi connectivity index (χ1) is 8.18. The van der Waals surface area contributed by atoms with Crippen molar-refractivity contribution in [2.24, 2.45) is 12.8 Å². The molecule has 1 aromatic heterocycles. The molecule has 9 nitrogen and oxygen atoms in total. The number of carboxylic acids is 1. The van der Waals surface area contributed by atoms with E-state index in [1.807, 2.05) is 0 Å². The van der Waals surface area contributed by atoms with Crippen LogP contribution in [0.2, 0.25) is 0 Å². The van der Waals surface area contributed by atoms with Gasteiger partial charge in [-0.2, -0.15) is 0 Å². The molecule has 19 heavy (non-hydrogen) atoms. The Kier molecular flexibility index (Phi) is 8.68. The van der Waals surface area contributed by atoms with E-state index in [0.29, 0.717) is 5.69 Å². The Morgan fingerprint density at radius 1 is 1.58 bits per heavy atom. The number of nitrogens with two attached hydrogens (primary N) is 1. The molecule has 0 bridgehead atoms. The Morgan fingerprint density at radius 3 is 2.16 bits per heavy atom. The number of aromatic nitrogens is 2. The molecule has 2 atom stereocenters. The summed E-state index contributed by atoms with van der Waals surface area (Å²) < 4.78 is 1.25. The average molecular weight is 297 g/mol. The van der Waals surface area contributed by atoms with Gasteiger partial charge in [0.05, 0.1) is 7.05 Å². The number of carbonyl (C=O) groups is 1. The predicted octanol–water partition coefficient (Wildman–Crippen LogP) is 0.222. The molecule has 0 radical (unpaired) electrons. The lowest BCUT2D eigenvalue weighted by Gasteiger charge is -2.00. The van der Waals surface area contributed by atoms with Gasteiger partial charge in [0, 0.05) is 0 Å². The topological polar surface area (TPSA) is 145 Å². The molecule has 0 aliphatic rings. The highest BCUT2D eigenvalue weighted by Gasteiger charge is 2.19. The predicted molar refractivity (Wildman–Crippen MR) is 69.0 cm³/mol. The number of nitrogens with zero attached hydrogens (tertiary/aromatic N) is 3. The standard InChI is InChI=1S/C6H9N3O3.C3H7NO2.ClH/c1-4(10)5-3-7-6(8(5)2)9(11)12;1-2(4)3(5)6;/h3-4,10H,1-2H3;2H,4H2,1H3,(H,5,6);1H. The van der Waals surface area contributed by atoms with Crippen LogP contribution in [-0.2, 0) is 11.8 Å². The molecular formula is C9H17ClN4O5.